The van der Waals surface area contributed by atoms with E-state index in [1.807, 2.05) is 18.2 Å². The molecule has 0 radical (unpaired) electrons. The SMILES string of the molecule is COc1ccccc1N(C)CCC(C)(C)CN. The first-order valence-corrected chi connectivity index (χ1v) is 6.04. The van der Waals surface area contributed by atoms with E-state index in [-0.39, 0.29) is 5.41 Å². The lowest BCUT2D eigenvalue weighted by molar-refractivity contribution is 0.350. The van der Waals surface area contributed by atoms with E-state index in [4.69, 9.17) is 10.5 Å². The third kappa shape index (κ3) is 3.93. The monoisotopic (exact) mass is 236 g/mol. The molecule has 3 heteroatoms. The predicted octanol–water partition coefficient (Wildman–Crippen LogP) is 2.51. The molecule has 0 spiro atoms. The Kier molecular flexibility index (Phi) is 4.82. The summed E-state index contributed by atoms with van der Waals surface area (Å²) in [6, 6.07) is 8.08. The van der Waals surface area contributed by atoms with Crippen molar-refractivity contribution >= 4 is 5.69 Å². The lowest BCUT2D eigenvalue weighted by Crippen LogP contribution is -2.29. The summed E-state index contributed by atoms with van der Waals surface area (Å²) in [5.41, 5.74) is 7.06. The Balaban J connectivity index is 2.67. The van der Waals surface area contributed by atoms with Gasteiger partial charge in [0.05, 0.1) is 12.8 Å². The number of hydrogen-bond acceptors (Lipinski definition) is 3. The van der Waals surface area contributed by atoms with Crippen LogP contribution in [0, 0.1) is 5.41 Å². The van der Waals surface area contributed by atoms with Crippen LogP contribution in [0.1, 0.15) is 20.3 Å². The van der Waals surface area contributed by atoms with Crippen molar-refractivity contribution in [2.45, 2.75) is 20.3 Å². The molecule has 0 unspecified atom stereocenters. The van der Waals surface area contributed by atoms with Crippen LogP contribution in [0.3, 0.4) is 0 Å². The molecule has 0 bridgehead atoms. The summed E-state index contributed by atoms with van der Waals surface area (Å²) in [7, 11) is 3.79. The van der Waals surface area contributed by atoms with Gasteiger partial charge in [-0.15, -0.1) is 0 Å². The summed E-state index contributed by atoms with van der Waals surface area (Å²) >= 11 is 0. The number of methoxy groups -OCH3 is 1. The van der Waals surface area contributed by atoms with Crippen molar-refractivity contribution in [3.05, 3.63) is 24.3 Å². The maximum Gasteiger partial charge on any atom is 0.142 e. The molecule has 0 aromatic heterocycles. The lowest BCUT2D eigenvalue weighted by Gasteiger charge is -2.28. The van der Waals surface area contributed by atoms with Crippen molar-refractivity contribution < 1.29 is 4.74 Å². The van der Waals surface area contributed by atoms with Gasteiger partial charge in [-0.1, -0.05) is 26.0 Å². The van der Waals surface area contributed by atoms with Gasteiger partial charge in [-0.3, -0.25) is 0 Å². The number of nitrogens with zero attached hydrogens (tertiary/aromatic N) is 1. The zero-order valence-corrected chi connectivity index (χ0v) is 11.4. The fourth-order valence-electron chi connectivity index (χ4n) is 1.64. The fraction of sp³-hybridized carbons (Fsp3) is 0.571. The van der Waals surface area contributed by atoms with Crippen LogP contribution in [0.15, 0.2) is 24.3 Å². The number of para-hydroxylation sites is 2. The second kappa shape index (κ2) is 5.92. The number of hydrogen-bond donors (Lipinski definition) is 1. The molecule has 0 aliphatic heterocycles. The Labute approximate surface area is 105 Å². The topological polar surface area (TPSA) is 38.5 Å². The van der Waals surface area contributed by atoms with E-state index >= 15 is 0 Å². The normalized spacial score (nSPS) is 11.4. The van der Waals surface area contributed by atoms with E-state index in [1.165, 1.54) is 0 Å². The molecular weight excluding hydrogens is 212 g/mol. The highest BCUT2D eigenvalue weighted by atomic mass is 16.5. The number of ether oxygens (including phenoxy) is 1. The average Bonchev–Trinajstić information content (AvgIpc) is 2.36. The number of nitrogens with two attached hydrogens (primary N) is 1. The van der Waals surface area contributed by atoms with Gasteiger partial charge in [-0.05, 0) is 30.5 Å². The summed E-state index contributed by atoms with van der Waals surface area (Å²) in [5.74, 6) is 0.917. The standard InChI is InChI=1S/C14H24N2O/c1-14(2,11-15)9-10-16(3)12-7-5-6-8-13(12)17-4/h5-8H,9-11,15H2,1-4H3. The van der Waals surface area contributed by atoms with Crippen molar-refractivity contribution in [2.75, 3.05) is 32.1 Å². The van der Waals surface area contributed by atoms with E-state index in [9.17, 15) is 0 Å². The van der Waals surface area contributed by atoms with E-state index in [1.54, 1.807) is 7.11 Å². The Morgan fingerprint density at radius 3 is 2.53 bits per heavy atom. The molecule has 0 saturated heterocycles. The van der Waals surface area contributed by atoms with Crippen LogP contribution in [0.5, 0.6) is 5.75 Å². The minimum atomic E-state index is 0.191. The molecule has 0 saturated carbocycles. The van der Waals surface area contributed by atoms with Crippen molar-refractivity contribution in [3.8, 4) is 5.75 Å². The van der Waals surface area contributed by atoms with Gasteiger partial charge in [-0.2, -0.15) is 0 Å². The summed E-state index contributed by atoms with van der Waals surface area (Å²) in [5, 5.41) is 0. The first kappa shape index (κ1) is 13.8. The first-order chi connectivity index (χ1) is 8.00. The summed E-state index contributed by atoms with van der Waals surface area (Å²) in [6.45, 7) is 6.09. The van der Waals surface area contributed by atoms with Crippen LogP contribution < -0.4 is 15.4 Å². The van der Waals surface area contributed by atoms with Crippen molar-refractivity contribution in [2.24, 2.45) is 11.1 Å². The van der Waals surface area contributed by atoms with Crippen molar-refractivity contribution in [3.63, 3.8) is 0 Å². The second-order valence-corrected chi connectivity index (χ2v) is 5.21. The van der Waals surface area contributed by atoms with Crippen LogP contribution in [0.2, 0.25) is 0 Å². The average molecular weight is 236 g/mol. The fourth-order valence-corrected chi connectivity index (χ4v) is 1.64. The second-order valence-electron chi connectivity index (χ2n) is 5.21. The molecule has 3 nitrogen and oxygen atoms in total. The molecule has 0 amide bonds. The molecule has 96 valence electrons. The van der Waals surface area contributed by atoms with Crippen LogP contribution in [-0.2, 0) is 0 Å². The minimum absolute atomic E-state index is 0.191. The number of benzene rings is 1. The third-order valence-corrected chi connectivity index (χ3v) is 3.17. The number of rotatable bonds is 6. The quantitative estimate of drug-likeness (QED) is 0.824. The molecule has 0 aliphatic rings. The highest BCUT2D eigenvalue weighted by Gasteiger charge is 2.17. The van der Waals surface area contributed by atoms with Gasteiger partial charge in [0, 0.05) is 13.6 Å². The largest absolute Gasteiger partial charge is 0.495 e. The Bertz CT molecular complexity index is 350. The Hall–Kier alpha value is -1.22. The molecule has 0 aliphatic carbocycles. The maximum absolute atomic E-state index is 5.74. The Morgan fingerprint density at radius 2 is 1.94 bits per heavy atom. The third-order valence-electron chi connectivity index (χ3n) is 3.17. The van der Waals surface area contributed by atoms with Crippen LogP contribution >= 0.6 is 0 Å². The zero-order valence-electron chi connectivity index (χ0n) is 11.4. The van der Waals surface area contributed by atoms with Crippen LogP contribution in [0.4, 0.5) is 5.69 Å². The summed E-state index contributed by atoms with van der Waals surface area (Å²) in [4.78, 5) is 2.22. The van der Waals surface area contributed by atoms with E-state index in [0.717, 1.165) is 24.4 Å². The van der Waals surface area contributed by atoms with Crippen LogP contribution in [0.25, 0.3) is 0 Å². The Morgan fingerprint density at radius 1 is 1.29 bits per heavy atom. The van der Waals surface area contributed by atoms with E-state index < -0.39 is 0 Å². The van der Waals surface area contributed by atoms with Gasteiger partial charge >= 0.3 is 0 Å². The van der Waals surface area contributed by atoms with E-state index in [0.29, 0.717) is 6.54 Å². The van der Waals surface area contributed by atoms with Crippen LogP contribution in [-0.4, -0.2) is 27.2 Å². The van der Waals surface area contributed by atoms with Gasteiger partial charge in [0.1, 0.15) is 5.75 Å². The summed E-state index contributed by atoms with van der Waals surface area (Å²) < 4.78 is 5.36. The highest BCUT2D eigenvalue weighted by Crippen LogP contribution is 2.28. The molecule has 17 heavy (non-hydrogen) atoms. The van der Waals surface area contributed by atoms with Gasteiger partial charge in [0.2, 0.25) is 0 Å². The highest BCUT2D eigenvalue weighted by molar-refractivity contribution is 5.57. The zero-order chi connectivity index (χ0) is 12.9. The molecule has 0 atom stereocenters. The lowest BCUT2D eigenvalue weighted by atomic mass is 9.89. The van der Waals surface area contributed by atoms with Gasteiger partial charge < -0.3 is 15.4 Å². The molecule has 1 aromatic carbocycles. The molecule has 1 rings (SSSR count). The summed E-state index contributed by atoms with van der Waals surface area (Å²) in [6.07, 6.45) is 1.07. The molecular formula is C14H24N2O. The molecule has 0 fully saturated rings. The first-order valence-electron chi connectivity index (χ1n) is 6.04. The molecule has 2 N–H and O–H groups in total. The maximum atomic E-state index is 5.74. The van der Waals surface area contributed by atoms with E-state index in [2.05, 4.69) is 31.9 Å². The van der Waals surface area contributed by atoms with Gasteiger partial charge in [0.15, 0.2) is 0 Å². The molecule has 1 aromatic rings. The smallest absolute Gasteiger partial charge is 0.142 e. The predicted molar refractivity (Wildman–Crippen MR) is 73.7 cm³/mol. The minimum Gasteiger partial charge on any atom is -0.495 e. The van der Waals surface area contributed by atoms with Gasteiger partial charge in [0.25, 0.3) is 0 Å². The van der Waals surface area contributed by atoms with Gasteiger partial charge in [-0.25, -0.2) is 0 Å². The number of anilines is 1. The van der Waals surface area contributed by atoms with Crippen molar-refractivity contribution in [1.29, 1.82) is 0 Å². The molecule has 0 heterocycles. The van der Waals surface area contributed by atoms with Crippen molar-refractivity contribution in [1.82, 2.24) is 0 Å².